The first-order chi connectivity index (χ1) is 19.8. The summed E-state index contributed by atoms with van der Waals surface area (Å²) in [7, 11) is 1.53. The molecule has 3 heterocycles. The summed E-state index contributed by atoms with van der Waals surface area (Å²) >= 11 is 0. The van der Waals surface area contributed by atoms with Crippen molar-refractivity contribution in [3.63, 3.8) is 0 Å². The van der Waals surface area contributed by atoms with Gasteiger partial charge >= 0.3 is 0 Å². The molecule has 2 amide bonds. The van der Waals surface area contributed by atoms with E-state index in [0.717, 1.165) is 29.5 Å². The predicted octanol–water partition coefficient (Wildman–Crippen LogP) is 5.50. The van der Waals surface area contributed by atoms with Crippen molar-refractivity contribution in [1.82, 2.24) is 20.1 Å². The smallest absolute Gasteiger partial charge is 0.272 e. The zero-order valence-electron chi connectivity index (χ0n) is 24.4. The highest BCUT2D eigenvalue weighted by Crippen LogP contribution is 2.29. The molecule has 0 saturated carbocycles. The summed E-state index contributed by atoms with van der Waals surface area (Å²) < 4.78 is 5.51. The fourth-order valence-corrected chi connectivity index (χ4v) is 4.69. The van der Waals surface area contributed by atoms with Crippen LogP contribution in [0.4, 0.5) is 0 Å². The van der Waals surface area contributed by atoms with Crippen LogP contribution < -0.4 is 10.1 Å². The lowest BCUT2D eigenvalue weighted by molar-refractivity contribution is 0.0728. The van der Waals surface area contributed by atoms with Gasteiger partial charge in [-0.05, 0) is 73.2 Å². The van der Waals surface area contributed by atoms with E-state index in [1.165, 1.54) is 7.11 Å². The number of carbonyl (C=O) groups excluding carboxylic acids is 2. The van der Waals surface area contributed by atoms with E-state index >= 15 is 0 Å². The number of rotatable bonds is 7. The molecule has 9 heteroatoms. The maximum Gasteiger partial charge on any atom is 0.272 e. The van der Waals surface area contributed by atoms with Crippen molar-refractivity contribution in [2.24, 2.45) is 0 Å². The van der Waals surface area contributed by atoms with E-state index < -0.39 is 0 Å². The third kappa shape index (κ3) is 7.78. The number of aromatic nitrogens is 1. The molecule has 1 saturated heterocycles. The molecule has 0 spiro atoms. The number of benzene rings is 1. The van der Waals surface area contributed by atoms with Crippen molar-refractivity contribution >= 4 is 23.5 Å². The molecule has 1 aromatic carbocycles. The molecule has 4 rings (SSSR count). The minimum Gasteiger partial charge on any atom is -0.496 e. The van der Waals surface area contributed by atoms with Gasteiger partial charge in [0.2, 0.25) is 0 Å². The number of hydrogen-bond acceptors (Lipinski definition) is 6. The highest BCUT2D eigenvalue weighted by molar-refractivity contribution is 6.06. The largest absolute Gasteiger partial charge is 0.496 e. The van der Waals surface area contributed by atoms with Crippen LogP contribution in [0, 0.1) is 10.8 Å². The van der Waals surface area contributed by atoms with Gasteiger partial charge in [-0.2, -0.15) is 0 Å². The summed E-state index contributed by atoms with van der Waals surface area (Å²) in [5.41, 5.74) is 3.78. The van der Waals surface area contributed by atoms with Gasteiger partial charge in [0.15, 0.2) is 0 Å². The number of piperidine rings is 1. The Bertz CT molecular complexity index is 1360. The average Bonchev–Trinajstić information content (AvgIpc) is 3.00. The van der Waals surface area contributed by atoms with E-state index in [1.54, 1.807) is 58.5 Å². The standard InChI is InChI=1S/C30H34N6O3.C2H6/c1-20(28(32)36-15-7-5-12-27(36)31)9-8-10-21(2)34-29(37)24-17-23-19-35(16-13-22(23)18-26(24)39-3)30(38)25-11-4-6-14-33-25;1-2/h4,6,8-11,14,17-18,31-32H,2,5,7,12-13,15-16,19H2,1,3H3,(H,34,37);1-2H3/b10-8-,20-9+,31-27?,32-28?;. The summed E-state index contributed by atoms with van der Waals surface area (Å²) in [5.74, 6) is 0.736. The number of carbonyl (C=O) groups is 2. The number of ether oxygens (including phenoxy) is 1. The number of fused-ring (bicyclic) bond motifs is 1. The molecule has 216 valence electrons. The quantitative estimate of drug-likeness (QED) is 0.236. The highest BCUT2D eigenvalue weighted by Gasteiger charge is 2.25. The summed E-state index contributed by atoms with van der Waals surface area (Å²) in [5, 5.41) is 19.3. The number of allylic oxidation sites excluding steroid dienone is 3. The number of likely N-dealkylation sites (tertiary alicyclic amines) is 1. The Morgan fingerprint density at radius 2 is 1.90 bits per heavy atom. The molecule has 2 aliphatic rings. The van der Waals surface area contributed by atoms with Crippen LogP contribution in [0.15, 0.2) is 72.6 Å². The zero-order valence-corrected chi connectivity index (χ0v) is 24.4. The maximum absolute atomic E-state index is 13.1. The second-order valence-electron chi connectivity index (χ2n) is 9.61. The van der Waals surface area contributed by atoms with Gasteiger partial charge < -0.3 is 19.9 Å². The van der Waals surface area contributed by atoms with Gasteiger partial charge in [-0.25, -0.2) is 0 Å². The Morgan fingerprint density at radius 3 is 2.59 bits per heavy atom. The molecule has 2 aliphatic heterocycles. The van der Waals surface area contributed by atoms with Crippen LogP contribution in [-0.4, -0.2) is 58.5 Å². The van der Waals surface area contributed by atoms with Gasteiger partial charge in [0.05, 0.1) is 12.7 Å². The highest BCUT2D eigenvalue weighted by atomic mass is 16.5. The number of methoxy groups -OCH3 is 1. The average molecular weight is 557 g/mol. The van der Waals surface area contributed by atoms with Gasteiger partial charge in [-0.3, -0.25) is 25.4 Å². The molecular weight excluding hydrogens is 516 g/mol. The van der Waals surface area contributed by atoms with Gasteiger partial charge in [0, 0.05) is 37.9 Å². The van der Waals surface area contributed by atoms with E-state index in [0.29, 0.717) is 66.9 Å². The van der Waals surface area contributed by atoms with Gasteiger partial charge in [0.1, 0.15) is 23.1 Å². The first kappa shape index (κ1) is 31.0. The maximum atomic E-state index is 13.1. The summed E-state index contributed by atoms with van der Waals surface area (Å²) in [6.45, 7) is 11.4. The third-order valence-corrected chi connectivity index (χ3v) is 6.88. The molecule has 0 unspecified atom stereocenters. The van der Waals surface area contributed by atoms with Crippen LogP contribution in [0.2, 0.25) is 0 Å². The Balaban J connectivity index is 0.00000226. The van der Waals surface area contributed by atoms with Crippen LogP contribution in [0.1, 0.15) is 72.0 Å². The number of amidine groups is 2. The lowest BCUT2D eigenvalue weighted by Crippen LogP contribution is -2.39. The molecular formula is C32H40N6O3. The van der Waals surface area contributed by atoms with Crippen molar-refractivity contribution in [3.8, 4) is 5.75 Å². The molecule has 9 nitrogen and oxygen atoms in total. The molecule has 3 N–H and O–H groups in total. The Labute approximate surface area is 242 Å². The fourth-order valence-electron chi connectivity index (χ4n) is 4.69. The van der Waals surface area contributed by atoms with E-state index in [4.69, 9.17) is 15.6 Å². The topological polar surface area (TPSA) is 122 Å². The second kappa shape index (κ2) is 14.7. The molecule has 0 aliphatic carbocycles. The molecule has 0 radical (unpaired) electrons. The minimum absolute atomic E-state index is 0.143. The van der Waals surface area contributed by atoms with Crippen LogP contribution in [0.25, 0.3) is 0 Å². The first-order valence-electron chi connectivity index (χ1n) is 14.0. The number of pyridine rings is 1. The van der Waals surface area contributed by atoms with Crippen LogP contribution in [0.3, 0.4) is 0 Å². The Hall–Kier alpha value is -4.53. The molecule has 2 aromatic rings. The van der Waals surface area contributed by atoms with Gasteiger partial charge in [0.25, 0.3) is 11.8 Å². The van der Waals surface area contributed by atoms with E-state index in [2.05, 4.69) is 16.9 Å². The number of nitrogens with zero attached hydrogens (tertiary/aromatic N) is 3. The Kier molecular flexibility index (Phi) is 11.1. The number of nitrogens with one attached hydrogen (secondary N) is 3. The fraction of sp³-hybridized carbons (Fsp3) is 0.344. The lowest BCUT2D eigenvalue weighted by Gasteiger charge is -2.29. The summed E-state index contributed by atoms with van der Waals surface area (Å²) in [6, 6.07) is 8.89. The minimum atomic E-state index is -0.368. The Morgan fingerprint density at radius 1 is 1.12 bits per heavy atom. The molecule has 1 fully saturated rings. The zero-order chi connectivity index (χ0) is 29.9. The third-order valence-electron chi connectivity index (χ3n) is 6.88. The van der Waals surface area contributed by atoms with Crippen molar-refractivity contribution < 1.29 is 14.3 Å². The van der Waals surface area contributed by atoms with Crippen molar-refractivity contribution in [2.45, 2.75) is 53.0 Å². The predicted molar refractivity (Wildman–Crippen MR) is 163 cm³/mol. The SMILES string of the molecule is C=C(/C=C\C=C(/C)C(=N)N1CCCCC1=N)NC(=O)c1cc2c(cc1OC)CCN(C(=O)c1ccccn1)C2.CC. The first-order valence-corrected chi connectivity index (χ1v) is 14.0. The normalized spacial score (nSPS) is 15.0. The van der Waals surface area contributed by atoms with E-state index in [-0.39, 0.29) is 11.8 Å². The van der Waals surface area contributed by atoms with Gasteiger partial charge in [-0.15, -0.1) is 0 Å². The second-order valence-corrected chi connectivity index (χ2v) is 9.61. The van der Waals surface area contributed by atoms with Crippen LogP contribution in [-0.2, 0) is 13.0 Å². The van der Waals surface area contributed by atoms with Crippen LogP contribution in [0.5, 0.6) is 5.75 Å². The van der Waals surface area contributed by atoms with Crippen molar-refractivity contribution in [3.05, 3.63) is 95.0 Å². The van der Waals surface area contributed by atoms with E-state index in [1.807, 2.05) is 26.8 Å². The molecule has 1 aromatic heterocycles. The number of hydrogen-bond donors (Lipinski definition) is 3. The van der Waals surface area contributed by atoms with Crippen LogP contribution >= 0.6 is 0 Å². The molecule has 0 bridgehead atoms. The van der Waals surface area contributed by atoms with Crippen molar-refractivity contribution in [1.29, 1.82) is 10.8 Å². The van der Waals surface area contributed by atoms with Crippen molar-refractivity contribution in [2.75, 3.05) is 20.2 Å². The molecule has 41 heavy (non-hydrogen) atoms. The van der Waals surface area contributed by atoms with E-state index in [9.17, 15) is 9.59 Å². The summed E-state index contributed by atoms with van der Waals surface area (Å²) in [4.78, 5) is 33.7. The monoisotopic (exact) mass is 556 g/mol. The van der Waals surface area contributed by atoms with Gasteiger partial charge in [-0.1, -0.05) is 38.6 Å². The lowest BCUT2D eigenvalue weighted by atomic mass is 9.96. The number of amides is 2. The summed E-state index contributed by atoms with van der Waals surface area (Å²) in [6.07, 6.45) is 10.1. The molecule has 0 atom stereocenters.